The summed E-state index contributed by atoms with van der Waals surface area (Å²) in [6.45, 7) is 3.60. The molecule has 14 heavy (non-hydrogen) atoms. The van der Waals surface area contributed by atoms with E-state index >= 15 is 0 Å². The molecule has 0 saturated carbocycles. The molecule has 0 aliphatic heterocycles. The van der Waals surface area contributed by atoms with E-state index in [1.165, 1.54) is 26.4 Å². The Morgan fingerprint density at radius 1 is 1.36 bits per heavy atom. The summed E-state index contributed by atoms with van der Waals surface area (Å²) < 4.78 is 23.2. The number of hydrogen-bond acceptors (Lipinski definition) is 2. The highest BCUT2D eigenvalue weighted by Crippen LogP contribution is 2.32. The van der Waals surface area contributed by atoms with E-state index in [0.717, 1.165) is 5.56 Å². The van der Waals surface area contributed by atoms with Gasteiger partial charge in [-0.1, -0.05) is 6.08 Å². The number of allylic oxidation sites excluding steroid dienone is 1. The molecule has 0 N–H and O–H groups in total. The highest BCUT2D eigenvalue weighted by atomic mass is 19.1. The van der Waals surface area contributed by atoms with Gasteiger partial charge >= 0.3 is 0 Å². The lowest BCUT2D eigenvalue weighted by Gasteiger charge is -2.11. The van der Waals surface area contributed by atoms with Crippen LogP contribution in [0.3, 0.4) is 0 Å². The lowest BCUT2D eigenvalue weighted by atomic mass is 10.1. The molecule has 0 aliphatic rings. The summed E-state index contributed by atoms with van der Waals surface area (Å²) in [4.78, 5) is 0. The molecule has 0 radical (unpaired) electrons. The fourth-order valence-corrected chi connectivity index (χ4v) is 1.31. The minimum absolute atomic E-state index is 0.334. The van der Waals surface area contributed by atoms with Crippen molar-refractivity contribution in [1.29, 1.82) is 0 Å². The van der Waals surface area contributed by atoms with Gasteiger partial charge in [0.25, 0.3) is 0 Å². The topological polar surface area (TPSA) is 18.5 Å². The first-order valence-corrected chi connectivity index (χ1v) is 4.24. The molecule has 0 saturated heterocycles. The van der Waals surface area contributed by atoms with Crippen LogP contribution in [-0.4, -0.2) is 14.2 Å². The Bertz CT molecular complexity index is 334. The van der Waals surface area contributed by atoms with Gasteiger partial charge in [0, 0.05) is 11.6 Å². The maximum Gasteiger partial charge on any atom is 0.164 e. The average molecular weight is 196 g/mol. The third-order valence-electron chi connectivity index (χ3n) is 1.88. The highest BCUT2D eigenvalue weighted by molar-refractivity contribution is 5.47. The van der Waals surface area contributed by atoms with Crippen molar-refractivity contribution in [2.45, 2.75) is 6.42 Å². The quantitative estimate of drug-likeness (QED) is 0.689. The molecule has 0 amide bonds. The van der Waals surface area contributed by atoms with Crippen molar-refractivity contribution in [1.82, 2.24) is 0 Å². The predicted molar refractivity (Wildman–Crippen MR) is 53.4 cm³/mol. The standard InChI is InChI=1S/C11H13FO2/c1-4-5-8-6-9(12)7-10(13-2)11(8)14-3/h4,6-7H,1,5H2,2-3H3. The van der Waals surface area contributed by atoms with Crippen molar-refractivity contribution in [2.75, 3.05) is 14.2 Å². The number of ether oxygens (including phenoxy) is 2. The van der Waals surface area contributed by atoms with E-state index in [2.05, 4.69) is 6.58 Å². The molecule has 76 valence electrons. The molecule has 0 bridgehead atoms. The van der Waals surface area contributed by atoms with Gasteiger partial charge in [-0.15, -0.1) is 6.58 Å². The fourth-order valence-electron chi connectivity index (χ4n) is 1.31. The van der Waals surface area contributed by atoms with Crippen LogP contribution in [0.1, 0.15) is 5.56 Å². The van der Waals surface area contributed by atoms with E-state index in [9.17, 15) is 4.39 Å². The monoisotopic (exact) mass is 196 g/mol. The molecule has 0 heterocycles. The summed E-state index contributed by atoms with van der Waals surface area (Å²) in [6.07, 6.45) is 2.24. The molecule has 0 aliphatic carbocycles. The summed E-state index contributed by atoms with van der Waals surface area (Å²) in [5.74, 6) is 0.637. The van der Waals surface area contributed by atoms with E-state index < -0.39 is 0 Å². The minimum Gasteiger partial charge on any atom is -0.493 e. The number of benzene rings is 1. The molecule has 1 rings (SSSR count). The zero-order chi connectivity index (χ0) is 10.6. The van der Waals surface area contributed by atoms with E-state index in [4.69, 9.17) is 9.47 Å². The van der Waals surface area contributed by atoms with Gasteiger partial charge in [-0.25, -0.2) is 4.39 Å². The molecule has 1 aromatic rings. The first kappa shape index (κ1) is 10.6. The van der Waals surface area contributed by atoms with Crippen LogP contribution in [0, 0.1) is 5.82 Å². The molecule has 2 nitrogen and oxygen atoms in total. The summed E-state index contributed by atoms with van der Waals surface area (Å²) in [7, 11) is 3.01. The van der Waals surface area contributed by atoms with E-state index in [0.29, 0.717) is 17.9 Å². The van der Waals surface area contributed by atoms with Crippen LogP contribution in [0.5, 0.6) is 11.5 Å². The Morgan fingerprint density at radius 3 is 2.57 bits per heavy atom. The van der Waals surface area contributed by atoms with Gasteiger partial charge in [0.1, 0.15) is 5.82 Å². The van der Waals surface area contributed by atoms with Gasteiger partial charge in [0.2, 0.25) is 0 Å². The third kappa shape index (κ3) is 2.05. The normalized spacial score (nSPS) is 9.64. The van der Waals surface area contributed by atoms with E-state index in [-0.39, 0.29) is 5.82 Å². The molecule has 0 aromatic heterocycles. The van der Waals surface area contributed by atoms with Crippen molar-refractivity contribution in [2.24, 2.45) is 0 Å². The molecule has 3 heteroatoms. The van der Waals surface area contributed by atoms with Gasteiger partial charge in [-0.2, -0.15) is 0 Å². The lowest BCUT2D eigenvalue weighted by Crippen LogP contribution is -1.96. The maximum atomic E-state index is 13.1. The number of methoxy groups -OCH3 is 2. The SMILES string of the molecule is C=CCc1cc(F)cc(OC)c1OC. The summed E-state index contributed by atoms with van der Waals surface area (Å²) in [5, 5.41) is 0. The second-order valence-electron chi connectivity index (χ2n) is 2.79. The second kappa shape index (κ2) is 4.65. The van der Waals surface area contributed by atoms with Crippen LogP contribution in [-0.2, 0) is 6.42 Å². The lowest BCUT2D eigenvalue weighted by molar-refractivity contribution is 0.349. The fraction of sp³-hybridized carbons (Fsp3) is 0.273. The third-order valence-corrected chi connectivity index (χ3v) is 1.88. The molecular formula is C11H13FO2. The second-order valence-corrected chi connectivity index (χ2v) is 2.79. The van der Waals surface area contributed by atoms with Crippen LogP contribution in [0.25, 0.3) is 0 Å². The van der Waals surface area contributed by atoms with Crippen LogP contribution in [0.2, 0.25) is 0 Å². The van der Waals surface area contributed by atoms with Crippen molar-refractivity contribution < 1.29 is 13.9 Å². The molecule has 1 aromatic carbocycles. The van der Waals surface area contributed by atoms with Gasteiger partial charge in [0.05, 0.1) is 14.2 Å². The Morgan fingerprint density at radius 2 is 2.07 bits per heavy atom. The number of hydrogen-bond donors (Lipinski definition) is 0. The molecular weight excluding hydrogens is 183 g/mol. The Balaban J connectivity index is 3.23. The first-order valence-electron chi connectivity index (χ1n) is 4.24. The molecule has 0 atom stereocenters. The molecule has 0 unspecified atom stereocenters. The van der Waals surface area contributed by atoms with Gasteiger partial charge in [0.15, 0.2) is 11.5 Å². The van der Waals surface area contributed by atoms with Crippen molar-refractivity contribution in [3.05, 3.63) is 36.2 Å². The van der Waals surface area contributed by atoms with Gasteiger partial charge in [-0.05, 0) is 12.5 Å². The Hall–Kier alpha value is -1.51. The maximum absolute atomic E-state index is 13.1. The Kier molecular flexibility index (Phi) is 3.51. The largest absolute Gasteiger partial charge is 0.493 e. The minimum atomic E-state index is -0.334. The van der Waals surface area contributed by atoms with Crippen molar-refractivity contribution in [3.63, 3.8) is 0 Å². The van der Waals surface area contributed by atoms with Crippen LogP contribution in [0.4, 0.5) is 4.39 Å². The summed E-state index contributed by atoms with van der Waals surface area (Å²) in [5.41, 5.74) is 0.736. The predicted octanol–water partition coefficient (Wildman–Crippen LogP) is 2.57. The van der Waals surface area contributed by atoms with E-state index in [1.807, 2.05) is 0 Å². The summed E-state index contributed by atoms with van der Waals surface area (Å²) in [6, 6.07) is 2.72. The summed E-state index contributed by atoms with van der Waals surface area (Å²) >= 11 is 0. The van der Waals surface area contributed by atoms with Crippen LogP contribution >= 0.6 is 0 Å². The average Bonchev–Trinajstić information content (AvgIpc) is 2.17. The van der Waals surface area contributed by atoms with Crippen LogP contribution < -0.4 is 9.47 Å². The number of rotatable bonds is 4. The zero-order valence-corrected chi connectivity index (χ0v) is 8.34. The molecule has 0 spiro atoms. The smallest absolute Gasteiger partial charge is 0.164 e. The van der Waals surface area contributed by atoms with Crippen LogP contribution in [0.15, 0.2) is 24.8 Å². The number of halogens is 1. The first-order chi connectivity index (χ1) is 6.72. The zero-order valence-electron chi connectivity index (χ0n) is 8.34. The van der Waals surface area contributed by atoms with Gasteiger partial charge in [-0.3, -0.25) is 0 Å². The molecule has 0 fully saturated rings. The Labute approximate surface area is 83.0 Å². The van der Waals surface area contributed by atoms with Crippen molar-refractivity contribution in [3.8, 4) is 11.5 Å². The van der Waals surface area contributed by atoms with E-state index in [1.54, 1.807) is 6.08 Å². The van der Waals surface area contributed by atoms with Crippen molar-refractivity contribution >= 4 is 0 Å². The van der Waals surface area contributed by atoms with Gasteiger partial charge < -0.3 is 9.47 Å². The highest BCUT2D eigenvalue weighted by Gasteiger charge is 2.10.